The van der Waals surface area contributed by atoms with Crippen molar-refractivity contribution in [3.8, 4) is 17.1 Å². The Labute approximate surface area is 184 Å². The lowest BCUT2D eigenvalue weighted by atomic mass is 9.99. The van der Waals surface area contributed by atoms with E-state index in [-0.39, 0.29) is 17.3 Å². The molecule has 32 heavy (non-hydrogen) atoms. The number of benzene rings is 2. The molecule has 1 amide bonds. The Morgan fingerprint density at radius 2 is 1.72 bits per heavy atom. The number of rotatable bonds is 4. The van der Waals surface area contributed by atoms with Gasteiger partial charge in [0.25, 0.3) is 5.91 Å². The quantitative estimate of drug-likeness (QED) is 0.486. The van der Waals surface area contributed by atoms with Crippen molar-refractivity contribution >= 4 is 11.5 Å². The Kier molecular flexibility index (Phi) is 5.29. The van der Waals surface area contributed by atoms with E-state index in [2.05, 4.69) is 33.5 Å². The average molecular weight is 425 g/mol. The van der Waals surface area contributed by atoms with Gasteiger partial charge in [-0.3, -0.25) is 9.78 Å². The van der Waals surface area contributed by atoms with Crippen LogP contribution in [-0.2, 0) is 0 Å². The van der Waals surface area contributed by atoms with Crippen LogP contribution in [0.15, 0.2) is 85.1 Å². The molecular weight excluding hydrogens is 405 g/mol. The summed E-state index contributed by atoms with van der Waals surface area (Å²) >= 11 is 0. The largest absolute Gasteiger partial charge is 0.333 e. The Bertz CT molecular complexity index is 1280. The Hall–Kier alpha value is -4.13. The number of nitrogens with zero attached hydrogens (tertiary/aromatic N) is 5. The number of hydrogen-bond donors (Lipinski definition) is 0. The van der Waals surface area contributed by atoms with Crippen molar-refractivity contribution in [2.24, 2.45) is 0 Å². The van der Waals surface area contributed by atoms with Gasteiger partial charge in [-0.1, -0.05) is 59.8 Å². The molecule has 0 saturated carbocycles. The van der Waals surface area contributed by atoms with E-state index in [0.29, 0.717) is 24.5 Å². The summed E-state index contributed by atoms with van der Waals surface area (Å²) in [6.45, 7) is 1.03. The predicted molar refractivity (Wildman–Crippen MR) is 119 cm³/mol. The van der Waals surface area contributed by atoms with Crippen LogP contribution in [0.1, 0.15) is 22.5 Å². The molecule has 3 heterocycles. The SMILES string of the molecule is O=C(c1nnn(-c2ccccc2F)c1-c1ccccn1)N1CC=C(c2ccccc2)CC1. The summed E-state index contributed by atoms with van der Waals surface area (Å²) in [4.78, 5) is 19.5. The topological polar surface area (TPSA) is 63.9 Å². The fourth-order valence-corrected chi connectivity index (χ4v) is 3.87. The lowest BCUT2D eigenvalue weighted by Crippen LogP contribution is -2.35. The van der Waals surface area contributed by atoms with Gasteiger partial charge in [0.05, 0.1) is 5.69 Å². The van der Waals surface area contributed by atoms with Crippen LogP contribution in [-0.4, -0.2) is 43.9 Å². The van der Waals surface area contributed by atoms with Gasteiger partial charge in [0, 0.05) is 19.3 Å². The maximum atomic E-state index is 14.5. The molecule has 4 aromatic rings. The Morgan fingerprint density at radius 3 is 2.44 bits per heavy atom. The van der Waals surface area contributed by atoms with Crippen LogP contribution in [0.3, 0.4) is 0 Å². The number of para-hydroxylation sites is 1. The number of pyridine rings is 1. The number of carbonyl (C=O) groups excluding carboxylic acids is 1. The van der Waals surface area contributed by atoms with Gasteiger partial charge < -0.3 is 4.90 Å². The molecular formula is C25H20FN5O. The van der Waals surface area contributed by atoms with Gasteiger partial charge in [0.15, 0.2) is 5.69 Å². The highest BCUT2D eigenvalue weighted by Gasteiger charge is 2.28. The number of carbonyl (C=O) groups is 1. The lowest BCUT2D eigenvalue weighted by Gasteiger charge is -2.26. The first-order chi connectivity index (χ1) is 15.7. The minimum atomic E-state index is -0.456. The molecule has 1 aliphatic rings. The summed E-state index contributed by atoms with van der Waals surface area (Å²) in [5.41, 5.74) is 3.63. The molecule has 0 atom stereocenters. The summed E-state index contributed by atoms with van der Waals surface area (Å²) in [5, 5.41) is 8.28. The first kappa shape index (κ1) is 19.8. The van der Waals surface area contributed by atoms with Crippen LogP contribution in [0.25, 0.3) is 22.6 Å². The lowest BCUT2D eigenvalue weighted by molar-refractivity contribution is 0.0767. The summed E-state index contributed by atoms with van der Waals surface area (Å²) in [6, 6.07) is 21.8. The maximum Gasteiger partial charge on any atom is 0.277 e. The van der Waals surface area contributed by atoms with Crippen LogP contribution < -0.4 is 0 Å². The molecule has 0 bridgehead atoms. The molecule has 0 saturated heterocycles. The molecule has 0 aliphatic carbocycles. The first-order valence-electron chi connectivity index (χ1n) is 10.4. The summed E-state index contributed by atoms with van der Waals surface area (Å²) in [6.07, 6.45) is 4.44. The molecule has 0 spiro atoms. The molecule has 2 aromatic carbocycles. The Morgan fingerprint density at radius 1 is 0.938 bits per heavy atom. The highest BCUT2D eigenvalue weighted by Crippen LogP contribution is 2.28. The predicted octanol–water partition coefficient (Wildman–Crippen LogP) is 4.40. The van der Waals surface area contributed by atoms with Crippen LogP contribution in [0.4, 0.5) is 4.39 Å². The Balaban J connectivity index is 1.51. The van der Waals surface area contributed by atoms with Crippen LogP contribution >= 0.6 is 0 Å². The minimum Gasteiger partial charge on any atom is -0.333 e. The molecule has 2 aromatic heterocycles. The molecule has 7 heteroatoms. The second-order valence-electron chi connectivity index (χ2n) is 7.46. The second-order valence-corrected chi connectivity index (χ2v) is 7.46. The van der Waals surface area contributed by atoms with Crippen molar-refractivity contribution in [1.82, 2.24) is 24.9 Å². The zero-order chi connectivity index (χ0) is 21.9. The normalized spacial score (nSPS) is 13.7. The van der Waals surface area contributed by atoms with Crippen molar-refractivity contribution in [3.05, 3.63) is 102 Å². The first-order valence-corrected chi connectivity index (χ1v) is 10.4. The number of halogens is 1. The number of hydrogen-bond acceptors (Lipinski definition) is 4. The third kappa shape index (κ3) is 3.69. The summed E-state index contributed by atoms with van der Waals surface area (Å²) in [7, 11) is 0. The van der Waals surface area contributed by atoms with Crippen LogP contribution in [0.5, 0.6) is 0 Å². The van der Waals surface area contributed by atoms with Gasteiger partial charge in [-0.2, -0.15) is 0 Å². The monoisotopic (exact) mass is 425 g/mol. The van der Waals surface area contributed by atoms with E-state index in [1.165, 1.54) is 21.9 Å². The highest BCUT2D eigenvalue weighted by atomic mass is 19.1. The number of amides is 1. The van der Waals surface area contributed by atoms with E-state index in [0.717, 1.165) is 6.42 Å². The van der Waals surface area contributed by atoms with Gasteiger partial charge in [-0.15, -0.1) is 5.10 Å². The fraction of sp³-hybridized carbons (Fsp3) is 0.120. The summed E-state index contributed by atoms with van der Waals surface area (Å²) in [5.74, 6) is -0.710. The smallest absolute Gasteiger partial charge is 0.277 e. The maximum absolute atomic E-state index is 14.5. The standard InChI is InChI=1S/C25H20FN5O/c26-20-10-4-5-12-22(20)31-24(21-11-6-7-15-27-21)23(28-29-31)25(32)30-16-13-19(14-17-30)18-8-2-1-3-9-18/h1-13,15H,14,16-17H2. The molecule has 1 aliphatic heterocycles. The zero-order valence-corrected chi connectivity index (χ0v) is 17.2. The van der Waals surface area contributed by atoms with Gasteiger partial charge in [0.2, 0.25) is 0 Å². The molecule has 5 rings (SSSR count). The van der Waals surface area contributed by atoms with E-state index in [1.807, 2.05) is 24.3 Å². The number of aromatic nitrogens is 4. The van der Waals surface area contributed by atoms with Crippen molar-refractivity contribution in [1.29, 1.82) is 0 Å². The van der Waals surface area contributed by atoms with Crippen molar-refractivity contribution in [2.45, 2.75) is 6.42 Å². The van der Waals surface area contributed by atoms with E-state index in [9.17, 15) is 9.18 Å². The van der Waals surface area contributed by atoms with Gasteiger partial charge >= 0.3 is 0 Å². The summed E-state index contributed by atoms with van der Waals surface area (Å²) < 4.78 is 15.9. The molecule has 0 radical (unpaired) electrons. The fourth-order valence-electron chi connectivity index (χ4n) is 3.87. The third-order valence-electron chi connectivity index (χ3n) is 5.50. The van der Waals surface area contributed by atoms with E-state index < -0.39 is 5.82 Å². The molecule has 6 nitrogen and oxygen atoms in total. The third-order valence-corrected chi connectivity index (χ3v) is 5.50. The van der Waals surface area contributed by atoms with E-state index >= 15 is 0 Å². The minimum absolute atomic E-state index is 0.156. The average Bonchev–Trinajstić information content (AvgIpc) is 3.30. The molecule has 0 unspecified atom stereocenters. The second kappa shape index (κ2) is 8.55. The highest BCUT2D eigenvalue weighted by molar-refractivity contribution is 5.98. The zero-order valence-electron chi connectivity index (χ0n) is 17.2. The van der Waals surface area contributed by atoms with Gasteiger partial charge in [0.1, 0.15) is 17.2 Å². The van der Waals surface area contributed by atoms with Crippen molar-refractivity contribution in [2.75, 3.05) is 13.1 Å². The molecule has 0 fully saturated rings. The van der Waals surface area contributed by atoms with Crippen molar-refractivity contribution < 1.29 is 9.18 Å². The molecule has 158 valence electrons. The van der Waals surface area contributed by atoms with E-state index in [1.54, 1.807) is 41.4 Å². The van der Waals surface area contributed by atoms with Gasteiger partial charge in [-0.05, 0) is 41.8 Å². The van der Waals surface area contributed by atoms with Crippen LogP contribution in [0.2, 0.25) is 0 Å². The molecule has 0 N–H and O–H groups in total. The van der Waals surface area contributed by atoms with E-state index in [4.69, 9.17) is 0 Å². The van der Waals surface area contributed by atoms with Crippen LogP contribution in [0, 0.1) is 5.82 Å². The van der Waals surface area contributed by atoms with Gasteiger partial charge in [-0.25, -0.2) is 9.07 Å². The van der Waals surface area contributed by atoms with Crippen molar-refractivity contribution in [3.63, 3.8) is 0 Å².